The lowest BCUT2D eigenvalue weighted by atomic mass is 10.1. The molecule has 0 aliphatic rings. The molecule has 0 saturated carbocycles. The summed E-state index contributed by atoms with van der Waals surface area (Å²) in [4.78, 5) is 35.6. The van der Waals surface area contributed by atoms with Gasteiger partial charge in [-0.15, -0.1) is 0 Å². The van der Waals surface area contributed by atoms with Crippen LogP contribution in [-0.2, 0) is 14.3 Å². The van der Waals surface area contributed by atoms with Gasteiger partial charge in [0, 0.05) is 0 Å². The normalized spacial score (nSPS) is 12.1. The van der Waals surface area contributed by atoms with E-state index in [9.17, 15) is 27.6 Å². The molecule has 10 heteroatoms. The number of alkyl halides is 3. The number of carbonyl (C=O) groups is 3. The number of rotatable bonds is 8. The van der Waals surface area contributed by atoms with Crippen LogP contribution in [0, 0.1) is 0 Å². The molecule has 1 aromatic carbocycles. The lowest BCUT2D eigenvalue weighted by molar-refractivity contribution is -0.142. The number of halogens is 3. The lowest BCUT2D eigenvalue weighted by Crippen LogP contribution is -2.41. The maximum atomic E-state index is 12.2. The highest BCUT2D eigenvalue weighted by molar-refractivity contribution is 5.96. The number of carbonyl (C=O) groups excluding carboxylic acids is 3. The summed E-state index contributed by atoms with van der Waals surface area (Å²) in [7, 11) is 0. The van der Waals surface area contributed by atoms with Crippen LogP contribution >= 0.6 is 0 Å². The highest BCUT2D eigenvalue weighted by Crippen LogP contribution is 2.21. The van der Waals surface area contributed by atoms with Gasteiger partial charge < -0.3 is 19.5 Å². The van der Waals surface area contributed by atoms with E-state index in [1.165, 1.54) is 25.1 Å². The van der Waals surface area contributed by atoms with E-state index in [0.717, 1.165) is 0 Å². The summed E-state index contributed by atoms with van der Waals surface area (Å²) in [5.74, 6) is -2.55. The summed E-state index contributed by atoms with van der Waals surface area (Å²) in [6.45, 7) is 3.10. The molecular formula is C17H20F3NO6. The first kappa shape index (κ1) is 22.3. The fourth-order valence-electron chi connectivity index (χ4n) is 1.92. The average Bonchev–Trinajstić information content (AvgIpc) is 2.59. The van der Waals surface area contributed by atoms with E-state index in [-0.39, 0.29) is 30.1 Å². The molecule has 150 valence electrons. The summed E-state index contributed by atoms with van der Waals surface area (Å²) >= 11 is 0. The standard InChI is InChI=1S/C17H20F3NO6/c1-4-25-15(23)11-6-12(16(24)26-5-2)8-13(7-11)27-10(3)14(22)21-9-17(18,19)20/h6-8,10H,4-5,9H2,1-3H3,(H,21,22)/t10-/m1/s1. The van der Waals surface area contributed by atoms with E-state index >= 15 is 0 Å². The zero-order valence-corrected chi connectivity index (χ0v) is 15.0. The predicted molar refractivity (Wildman–Crippen MR) is 87.5 cm³/mol. The Labute approximate surface area is 153 Å². The van der Waals surface area contributed by atoms with E-state index in [1.54, 1.807) is 19.2 Å². The Morgan fingerprint density at radius 2 is 1.48 bits per heavy atom. The number of esters is 2. The van der Waals surface area contributed by atoms with Gasteiger partial charge in [0.2, 0.25) is 0 Å². The van der Waals surface area contributed by atoms with Crippen molar-refractivity contribution in [3.05, 3.63) is 29.3 Å². The molecule has 0 unspecified atom stereocenters. The van der Waals surface area contributed by atoms with Crippen molar-refractivity contribution in [3.8, 4) is 5.75 Å². The van der Waals surface area contributed by atoms with Crippen molar-refractivity contribution in [3.63, 3.8) is 0 Å². The number of ether oxygens (including phenoxy) is 3. The van der Waals surface area contributed by atoms with Crippen LogP contribution in [0.2, 0.25) is 0 Å². The molecule has 1 N–H and O–H groups in total. The molecule has 1 atom stereocenters. The molecule has 7 nitrogen and oxygen atoms in total. The van der Waals surface area contributed by atoms with E-state index in [1.807, 2.05) is 0 Å². The van der Waals surface area contributed by atoms with Gasteiger partial charge in [0.1, 0.15) is 12.3 Å². The molecule has 0 heterocycles. The van der Waals surface area contributed by atoms with Gasteiger partial charge in [0.25, 0.3) is 5.91 Å². The Hall–Kier alpha value is -2.78. The largest absolute Gasteiger partial charge is 0.481 e. The van der Waals surface area contributed by atoms with Crippen LogP contribution in [0.15, 0.2) is 18.2 Å². The molecule has 0 saturated heterocycles. The summed E-state index contributed by atoms with van der Waals surface area (Å²) in [5, 5.41) is 1.69. The van der Waals surface area contributed by atoms with Gasteiger partial charge in [-0.3, -0.25) is 4.79 Å². The first-order chi connectivity index (χ1) is 12.6. The Kier molecular flexibility index (Phi) is 8.07. The Morgan fingerprint density at radius 1 is 1.00 bits per heavy atom. The van der Waals surface area contributed by atoms with Crippen molar-refractivity contribution in [1.29, 1.82) is 0 Å². The predicted octanol–water partition coefficient (Wildman–Crippen LogP) is 2.49. The number of amides is 1. The van der Waals surface area contributed by atoms with Crippen molar-refractivity contribution < 1.29 is 41.8 Å². The van der Waals surface area contributed by atoms with Crippen molar-refractivity contribution >= 4 is 17.8 Å². The third-order valence-corrected chi connectivity index (χ3v) is 3.07. The minimum Gasteiger partial charge on any atom is -0.481 e. The van der Waals surface area contributed by atoms with E-state index in [2.05, 4.69) is 0 Å². The molecule has 1 aromatic rings. The molecule has 1 amide bonds. The quantitative estimate of drug-likeness (QED) is 0.685. The number of benzene rings is 1. The monoisotopic (exact) mass is 391 g/mol. The molecule has 0 bridgehead atoms. The van der Waals surface area contributed by atoms with E-state index in [0.29, 0.717) is 0 Å². The third-order valence-electron chi connectivity index (χ3n) is 3.07. The number of nitrogens with one attached hydrogen (secondary N) is 1. The second-order valence-electron chi connectivity index (χ2n) is 5.28. The van der Waals surface area contributed by atoms with Gasteiger partial charge in [-0.1, -0.05) is 0 Å². The van der Waals surface area contributed by atoms with Crippen LogP contribution < -0.4 is 10.1 Å². The summed E-state index contributed by atoms with van der Waals surface area (Å²) < 4.78 is 51.5. The zero-order chi connectivity index (χ0) is 20.6. The molecule has 0 aliphatic heterocycles. The Balaban J connectivity index is 3.01. The van der Waals surface area contributed by atoms with E-state index in [4.69, 9.17) is 14.2 Å². The maximum Gasteiger partial charge on any atom is 0.405 e. The third kappa shape index (κ3) is 7.55. The van der Waals surface area contributed by atoms with Crippen LogP contribution in [0.4, 0.5) is 13.2 Å². The van der Waals surface area contributed by atoms with Crippen molar-refractivity contribution in [2.45, 2.75) is 33.1 Å². The minimum atomic E-state index is -4.56. The topological polar surface area (TPSA) is 90.9 Å². The second kappa shape index (κ2) is 9.79. The molecule has 0 radical (unpaired) electrons. The Morgan fingerprint density at radius 3 is 1.89 bits per heavy atom. The molecule has 0 aromatic heterocycles. The van der Waals surface area contributed by atoms with Gasteiger partial charge in [-0.25, -0.2) is 9.59 Å². The first-order valence-electron chi connectivity index (χ1n) is 8.07. The van der Waals surface area contributed by atoms with Crippen molar-refractivity contribution in [1.82, 2.24) is 5.32 Å². The van der Waals surface area contributed by atoms with Crippen LogP contribution in [0.5, 0.6) is 5.75 Å². The molecule has 27 heavy (non-hydrogen) atoms. The highest BCUT2D eigenvalue weighted by atomic mass is 19.4. The highest BCUT2D eigenvalue weighted by Gasteiger charge is 2.29. The molecule has 1 rings (SSSR count). The Bertz CT molecular complexity index is 653. The van der Waals surface area contributed by atoms with Gasteiger partial charge >= 0.3 is 18.1 Å². The van der Waals surface area contributed by atoms with Crippen molar-refractivity contribution in [2.75, 3.05) is 19.8 Å². The summed E-state index contributed by atoms with van der Waals surface area (Å²) in [6, 6.07) is 3.67. The lowest BCUT2D eigenvalue weighted by Gasteiger charge is -2.17. The molecule has 0 spiro atoms. The minimum absolute atomic E-state index is 0.0275. The van der Waals surface area contributed by atoms with Gasteiger partial charge in [-0.05, 0) is 39.0 Å². The van der Waals surface area contributed by atoms with Gasteiger partial charge in [0.15, 0.2) is 6.10 Å². The number of hydrogen-bond donors (Lipinski definition) is 1. The molecule has 0 fully saturated rings. The summed E-state index contributed by atoms with van der Waals surface area (Å²) in [6.07, 6.45) is -5.86. The fraction of sp³-hybridized carbons (Fsp3) is 0.471. The van der Waals surface area contributed by atoms with Crippen LogP contribution in [0.3, 0.4) is 0 Å². The maximum absolute atomic E-state index is 12.2. The molecular weight excluding hydrogens is 371 g/mol. The van der Waals surface area contributed by atoms with Gasteiger partial charge in [0.05, 0.1) is 24.3 Å². The first-order valence-corrected chi connectivity index (χ1v) is 8.07. The van der Waals surface area contributed by atoms with Crippen LogP contribution in [0.1, 0.15) is 41.5 Å². The average molecular weight is 391 g/mol. The van der Waals surface area contributed by atoms with Gasteiger partial charge in [-0.2, -0.15) is 13.2 Å². The smallest absolute Gasteiger partial charge is 0.405 e. The zero-order valence-electron chi connectivity index (χ0n) is 15.0. The van der Waals surface area contributed by atoms with E-state index < -0.39 is 36.7 Å². The second-order valence-corrected chi connectivity index (χ2v) is 5.28. The van der Waals surface area contributed by atoms with Crippen LogP contribution in [0.25, 0.3) is 0 Å². The van der Waals surface area contributed by atoms with Crippen molar-refractivity contribution in [2.24, 2.45) is 0 Å². The number of hydrogen-bond acceptors (Lipinski definition) is 6. The fourth-order valence-corrected chi connectivity index (χ4v) is 1.92. The SMILES string of the molecule is CCOC(=O)c1cc(O[C@H](C)C(=O)NCC(F)(F)F)cc(C(=O)OCC)c1. The molecule has 0 aliphatic carbocycles. The van der Waals surface area contributed by atoms with Crippen LogP contribution in [-0.4, -0.2) is 49.9 Å². The summed E-state index contributed by atoms with van der Waals surface area (Å²) in [5.41, 5.74) is -0.0550.